The first kappa shape index (κ1) is 11.5. The number of para-hydroxylation sites is 1. The Labute approximate surface area is 91.2 Å². The molecule has 80 valence electrons. The Kier molecular flexibility index (Phi) is 3.67. The number of aryl methyl sites for hydroxylation is 1. The molecule has 0 aliphatic carbocycles. The fourth-order valence-corrected chi connectivity index (χ4v) is 1.58. The molecule has 0 aromatic heterocycles. The molecule has 0 radical (unpaired) electrons. The molecule has 0 bridgehead atoms. The van der Waals surface area contributed by atoms with Crippen molar-refractivity contribution in [3.63, 3.8) is 0 Å². The summed E-state index contributed by atoms with van der Waals surface area (Å²) in [5.41, 5.74) is 2.05. The van der Waals surface area contributed by atoms with Crippen LogP contribution in [0.15, 0.2) is 36.9 Å². The van der Waals surface area contributed by atoms with E-state index in [1.54, 1.807) is 4.90 Å². The average molecular weight is 203 g/mol. The van der Waals surface area contributed by atoms with Gasteiger partial charge in [0.15, 0.2) is 0 Å². The van der Waals surface area contributed by atoms with Gasteiger partial charge in [-0.25, -0.2) is 0 Å². The van der Waals surface area contributed by atoms with Crippen molar-refractivity contribution in [3.8, 4) is 0 Å². The minimum atomic E-state index is -0.0562. The summed E-state index contributed by atoms with van der Waals surface area (Å²) in [5.74, 6) is -0.0562. The van der Waals surface area contributed by atoms with E-state index in [1.807, 2.05) is 45.0 Å². The molecule has 0 saturated heterocycles. The lowest BCUT2D eigenvalue weighted by molar-refractivity contribution is -0.114. The molecule has 15 heavy (non-hydrogen) atoms. The third-order valence-electron chi connectivity index (χ3n) is 2.30. The second kappa shape index (κ2) is 4.78. The average Bonchev–Trinajstić information content (AvgIpc) is 2.20. The van der Waals surface area contributed by atoms with Crippen LogP contribution in [0.4, 0.5) is 5.69 Å². The van der Waals surface area contributed by atoms with E-state index >= 15 is 0 Å². The summed E-state index contributed by atoms with van der Waals surface area (Å²) < 4.78 is 0. The van der Waals surface area contributed by atoms with Gasteiger partial charge in [0.25, 0.3) is 5.91 Å². The fourth-order valence-electron chi connectivity index (χ4n) is 1.58. The summed E-state index contributed by atoms with van der Waals surface area (Å²) in [6.07, 6.45) is 1.35. The van der Waals surface area contributed by atoms with Crippen LogP contribution in [-0.2, 0) is 4.79 Å². The standard InChI is InChI=1S/C13H17NO/c1-5-13(15)14(10(2)3)12-9-7-6-8-11(12)4/h5-10H,1H2,2-4H3. The maximum absolute atomic E-state index is 11.7. The molecule has 0 aliphatic heterocycles. The number of carbonyl (C=O) groups excluding carboxylic acids is 1. The summed E-state index contributed by atoms with van der Waals surface area (Å²) in [4.78, 5) is 13.5. The Balaban J connectivity index is 3.16. The van der Waals surface area contributed by atoms with Crippen molar-refractivity contribution in [2.24, 2.45) is 0 Å². The maximum atomic E-state index is 11.7. The van der Waals surface area contributed by atoms with E-state index < -0.39 is 0 Å². The summed E-state index contributed by atoms with van der Waals surface area (Å²) in [6.45, 7) is 9.52. The monoisotopic (exact) mass is 203 g/mol. The molecule has 1 rings (SSSR count). The molecule has 1 amide bonds. The number of amides is 1. The highest BCUT2D eigenvalue weighted by molar-refractivity contribution is 6.01. The third kappa shape index (κ3) is 2.46. The molecule has 0 saturated carbocycles. The van der Waals surface area contributed by atoms with E-state index in [0.717, 1.165) is 11.3 Å². The van der Waals surface area contributed by atoms with Crippen molar-refractivity contribution in [3.05, 3.63) is 42.5 Å². The topological polar surface area (TPSA) is 20.3 Å². The first-order chi connectivity index (χ1) is 7.07. The normalized spacial score (nSPS) is 10.1. The van der Waals surface area contributed by atoms with Crippen LogP contribution in [-0.4, -0.2) is 11.9 Å². The number of carbonyl (C=O) groups is 1. The van der Waals surface area contributed by atoms with Gasteiger partial charge in [-0.1, -0.05) is 24.8 Å². The largest absolute Gasteiger partial charge is 0.306 e. The smallest absolute Gasteiger partial charge is 0.250 e. The van der Waals surface area contributed by atoms with Crippen LogP contribution >= 0.6 is 0 Å². The first-order valence-electron chi connectivity index (χ1n) is 5.09. The van der Waals surface area contributed by atoms with E-state index in [0.29, 0.717) is 0 Å². The lowest BCUT2D eigenvalue weighted by atomic mass is 10.1. The van der Waals surface area contributed by atoms with Crippen molar-refractivity contribution in [2.75, 3.05) is 4.90 Å². The minimum absolute atomic E-state index is 0.0562. The zero-order valence-corrected chi connectivity index (χ0v) is 9.53. The zero-order valence-electron chi connectivity index (χ0n) is 9.53. The molecule has 0 unspecified atom stereocenters. The zero-order chi connectivity index (χ0) is 11.4. The molecule has 0 atom stereocenters. The van der Waals surface area contributed by atoms with Crippen molar-refractivity contribution >= 4 is 11.6 Å². The molecular formula is C13H17NO. The molecule has 2 heteroatoms. The second-order valence-corrected chi connectivity index (χ2v) is 3.79. The van der Waals surface area contributed by atoms with Gasteiger partial charge in [0.05, 0.1) is 0 Å². The number of hydrogen-bond acceptors (Lipinski definition) is 1. The van der Waals surface area contributed by atoms with E-state index in [9.17, 15) is 4.79 Å². The van der Waals surface area contributed by atoms with Gasteiger partial charge >= 0.3 is 0 Å². The summed E-state index contributed by atoms with van der Waals surface area (Å²) in [7, 11) is 0. The second-order valence-electron chi connectivity index (χ2n) is 3.79. The van der Waals surface area contributed by atoms with Crippen LogP contribution in [0.5, 0.6) is 0 Å². The van der Waals surface area contributed by atoms with Crippen molar-refractivity contribution in [2.45, 2.75) is 26.8 Å². The van der Waals surface area contributed by atoms with Gasteiger partial charge in [-0.3, -0.25) is 4.79 Å². The van der Waals surface area contributed by atoms with Gasteiger partial charge in [-0.2, -0.15) is 0 Å². The van der Waals surface area contributed by atoms with Crippen molar-refractivity contribution in [1.29, 1.82) is 0 Å². The highest BCUT2D eigenvalue weighted by Gasteiger charge is 2.17. The van der Waals surface area contributed by atoms with E-state index in [4.69, 9.17) is 0 Å². The molecule has 0 heterocycles. The highest BCUT2D eigenvalue weighted by Crippen LogP contribution is 2.21. The van der Waals surface area contributed by atoms with Crippen LogP contribution in [0.25, 0.3) is 0 Å². The molecule has 2 nitrogen and oxygen atoms in total. The van der Waals surface area contributed by atoms with Crippen molar-refractivity contribution < 1.29 is 4.79 Å². The number of benzene rings is 1. The van der Waals surface area contributed by atoms with Gasteiger partial charge in [0.2, 0.25) is 0 Å². The predicted octanol–water partition coefficient (Wildman–Crippen LogP) is 2.92. The molecule has 0 N–H and O–H groups in total. The summed E-state index contributed by atoms with van der Waals surface area (Å²) >= 11 is 0. The van der Waals surface area contributed by atoms with Crippen LogP contribution < -0.4 is 4.90 Å². The molecule has 0 spiro atoms. The van der Waals surface area contributed by atoms with Gasteiger partial charge in [0, 0.05) is 11.7 Å². The fraction of sp³-hybridized carbons (Fsp3) is 0.308. The van der Waals surface area contributed by atoms with Crippen LogP contribution in [0.3, 0.4) is 0 Å². The minimum Gasteiger partial charge on any atom is -0.306 e. The van der Waals surface area contributed by atoms with Gasteiger partial charge < -0.3 is 4.90 Å². The Morgan fingerprint density at radius 1 is 1.40 bits per heavy atom. The van der Waals surface area contributed by atoms with Crippen LogP contribution in [0, 0.1) is 6.92 Å². The quantitative estimate of drug-likeness (QED) is 0.692. The summed E-state index contributed by atoms with van der Waals surface area (Å²) in [5, 5.41) is 0. The lowest BCUT2D eigenvalue weighted by Crippen LogP contribution is -2.36. The number of hydrogen-bond donors (Lipinski definition) is 0. The molecule has 0 fully saturated rings. The van der Waals surface area contributed by atoms with Gasteiger partial charge in [-0.05, 0) is 38.5 Å². The van der Waals surface area contributed by atoms with Crippen LogP contribution in [0.2, 0.25) is 0 Å². The Morgan fingerprint density at radius 2 is 2.00 bits per heavy atom. The van der Waals surface area contributed by atoms with E-state index in [-0.39, 0.29) is 11.9 Å². The van der Waals surface area contributed by atoms with Gasteiger partial charge in [0.1, 0.15) is 0 Å². The van der Waals surface area contributed by atoms with E-state index in [2.05, 4.69) is 6.58 Å². The Hall–Kier alpha value is -1.57. The van der Waals surface area contributed by atoms with Crippen LogP contribution in [0.1, 0.15) is 19.4 Å². The number of anilines is 1. The molecule has 1 aromatic rings. The third-order valence-corrected chi connectivity index (χ3v) is 2.30. The Morgan fingerprint density at radius 3 is 2.47 bits per heavy atom. The van der Waals surface area contributed by atoms with Gasteiger partial charge in [-0.15, -0.1) is 0 Å². The molecule has 0 aliphatic rings. The summed E-state index contributed by atoms with van der Waals surface area (Å²) in [6, 6.07) is 8.00. The number of rotatable bonds is 3. The van der Waals surface area contributed by atoms with E-state index in [1.165, 1.54) is 6.08 Å². The number of nitrogens with zero attached hydrogens (tertiary/aromatic N) is 1. The maximum Gasteiger partial charge on any atom is 0.250 e. The molecule has 1 aromatic carbocycles. The first-order valence-corrected chi connectivity index (χ1v) is 5.09. The highest BCUT2D eigenvalue weighted by atomic mass is 16.2. The SMILES string of the molecule is C=CC(=O)N(c1ccccc1C)C(C)C. The van der Waals surface area contributed by atoms with Crippen molar-refractivity contribution in [1.82, 2.24) is 0 Å². The Bertz CT molecular complexity index is 369. The molecular weight excluding hydrogens is 186 g/mol. The predicted molar refractivity (Wildman–Crippen MR) is 64.0 cm³/mol. The lowest BCUT2D eigenvalue weighted by Gasteiger charge is -2.27.